The van der Waals surface area contributed by atoms with Crippen LogP contribution in [0.4, 0.5) is 0 Å². The van der Waals surface area contributed by atoms with Gasteiger partial charge in [-0.15, -0.1) is 11.8 Å². The standard InChI is InChI=1S/C22H29N3O8S/c1-20(2,3)19(30)33-12-32-16(28)15-21(4,5)34-18-22(31-6,17(29)25(15)18)23-14(27)11-24-9-7-13(26)8-10-24/h7-10,15,18H,11-12H2,1-6H3,(H,23,27)/t15-,18+,22-/m0/s1. The molecular weight excluding hydrogens is 466 g/mol. The first-order chi connectivity index (χ1) is 15.7. The van der Waals surface area contributed by atoms with Gasteiger partial charge in [0.25, 0.3) is 11.6 Å². The number of esters is 2. The number of hydrogen-bond acceptors (Lipinski definition) is 9. The van der Waals surface area contributed by atoms with Crippen molar-refractivity contribution in [1.82, 2.24) is 14.8 Å². The summed E-state index contributed by atoms with van der Waals surface area (Å²) in [5.74, 6) is -2.33. The predicted octanol–water partition coefficient (Wildman–Crippen LogP) is 0.460. The molecule has 186 valence electrons. The zero-order valence-electron chi connectivity index (χ0n) is 19.9. The largest absolute Gasteiger partial charge is 0.427 e. The lowest BCUT2D eigenvalue weighted by atomic mass is 9.93. The number of pyridine rings is 1. The van der Waals surface area contributed by atoms with Crippen LogP contribution < -0.4 is 10.7 Å². The fraction of sp³-hybridized carbons (Fsp3) is 0.591. The Bertz CT molecular complexity index is 1040. The summed E-state index contributed by atoms with van der Waals surface area (Å²) in [5.41, 5.74) is -2.59. The maximum Gasteiger partial charge on any atom is 0.333 e. The van der Waals surface area contributed by atoms with E-state index < -0.39 is 57.8 Å². The molecule has 0 bridgehead atoms. The molecule has 2 saturated heterocycles. The molecule has 1 aromatic rings. The van der Waals surface area contributed by atoms with Gasteiger partial charge in [0.2, 0.25) is 12.7 Å². The molecule has 2 aliphatic rings. The van der Waals surface area contributed by atoms with E-state index in [0.717, 1.165) is 0 Å². The maximum absolute atomic E-state index is 13.2. The molecule has 34 heavy (non-hydrogen) atoms. The summed E-state index contributed by atoms with van der Waals surface area (Å²) in [4.78, 5) is 63.1. The van der Waals surface area contributed by atoms with E-state index in [1.54, 1.807) is 34.6 Å². The number of amides is 2. The summed E-state index contributed by atoms with van der Waals surface area (Å²) in [5, 5.41) is 1.97. The number of β-lactam (4-membered cyclic amide) rings is 1. The molecule has 11 nitrogen and oxygen atoms in total. The van der Waals surface area contributed by atoms with Crippen LogP contribution in [0.2, 0.25) is 0 Å². The molecule has 12 heteroatoms. The second-order valence-corrected chi connectivity index (χ2v) is 11.4. The van der Waals surface area contributed by atoms with Crippen molar-refractivity contribution in [2.45, 2.75) is 63.1 Å². The maximum atomic E-state index is 13.2. The number of rotatable bonds is 7. The number of methoxy groups -OCH3 is 1. The van der Waals surface area contributed by atoms with Gasteiger partial charge in [0.1, 0.15) is 18.0 Å². The number of thioether (sulfide) groups is 1. The average Bonchev–Trinajstić information content (AvgIpc) is 3.01. The number of nitrogens with one attached hydrogen (secondary N) is 1. The third kappa shape index (κ3) is 4.69. The van der Waals surface area contributed by atoms with Gasteiger partial charge < -0.3 is 29.0 Å². The minimum absolute atomic E-state index is 0.135. The molecule has 0 unspecified atom stereocenters. The van der Waals surface area contributed by atoms with E-state index in [-0.39, 0.29) is 12.0 Å². The van der Waals surface area contributed by atoms with Crippen LogP contribution in [0.1, 0.15) is 34.6 Å². The smallest absolute Gasteiger partial charge is 0.333 e. The Morgan fingerprint density at radius 3 is 2.29 bits per heavy atom. The van der Waals surface area contributed by atoms with Crippen molar-refractivity contribution in [3.63, 3.8) is 0 Å². The van der Waals surface area contributed by atoms with Crippen LogP contribution in [0.15, 0.2) is 29.3 Å². The van der Waals surface area contributed by atoms with Crippen molar-refractivity contribution in [2.24, 2.45) is 5.41 Å². The van der Waals surface area contributed by atoms with Crippen molar-refractivity contribution < 1.29 is 33.4 Å². The molecule has 0 radical (unpaired) electrons. The summed E-state index contributed by atoms with van der Waals surface area (Å²) in [6.45, 7) is 7.87. The zero-order chi connectivity index (χ0) is 25.5. The number of aromatic nitrogens is 1. The number of ether oxygens (including phenoxy) is 3. The minimum Gasteiger partial charge on any atom is -0.427 e. The van der Waals surface area contributed by atoms with E-state index >= 15 is 0 Å². The summed E-state index contributed by atoms with van der Waals surface area (Å²) in [7, 11) is 1.31. The third-order valence-electron chi connectivity index (χ3n) is 5.57. The topological polar surface area (TPSA) is 133 Å². The average molecular weight is 496 g/mol. The highest BCUT2D eigenvalue weighted by atomic mass is 32.2. The summed E-state index contributed by atoms with van der Waals surface area (Å²) >= 11 is 1.29. The van der Waals surface area contributed by atoms with Crippen molar-refractivity contribution in [3.8, 4) is 0 Å². The van der Waals surface area contributed by atoms with Crippen LogP contribution in [0.3, 0.4) is 0 Å². The van der Waals surface area contributed by atoms with Crippen molar-refractivity contribution in [2.75, 3.05) is 13.9 Å². The fourth-order valence-electron chi connectivity index (χ4n) is 3.76. The highest BCUT2D eigenvalue weighted by molar-refractivity contribution is 8.01. The van der Waals surface area contributed by atoms with Crippen molar-refractivity contribution in [3.05, 3.63) is 34.7 Å². The van der Waals surface area contributed by atoms with E-state index in [9.17, 15) is 24.0 Å². The Kier molecular flexibility index (Phi) is 6.87. The molecule has 3 heterocycles. The van der Waals surface area contributed by atoms with E-state index in [0.29, 0.717) is 0 Å². The van der Waals surface area contributed by atoms with E-state index in [1.807, 2.05) is 0 Å². The molecule has 0 aliphatic carbocycles. The minimum atomic E-state index is -1.65. The SMILES string of the molecule is CO[C@@]1(NC(=O)Cn2ccc(=O)cc2)C(=O)N2[C@@H](C(=O)OCOC(=O)C(C)(C)C)C(C)(C)S[C@@H]21. The first-order valence-electron chi connectivity index (χ1n) is 10.6. The van der Waals surface area contributed by atoms with E-state index in [1.165, 1.54) is 52.9 Å². The first-order valence-corrected chi connectivity index (χ1v) is 11.5. The Morgan fingerprint density at radius 1 is 1.12 bits per heavy atom. The van der Waals surface area contributed by atoms with Gasteiger partial charge >= 0.3 is 11.9 Å². The molecule has 2 amide bonds. The number of fused-ring (bicyclic) bond motifs is 1. The molecule has 1 aromatic heterocycles. The Morgan fingerprint density at radius 2 is 1.74 bits per heavy atom. The van der Waals surface area contributed by atoms with E-state index in [4.69, 9.17) is 14.2 Å². The first kappa shape index (κ1) is 25.8. The van der Waals surface area contributed by atoms with Gasteiger partial charge in [-0.05, 0) is 34.6 Å². The van der Waals surface area contributed by atoms with Crippen LogP contribution in [-0.2, 0) is 39.9 Å². The van der Waals surface area contributed by atoms with Gasteiger partial charge in [0, 0.05) is 36.4 Å². The Balaban J connectivity index is 1.69. The van der Waals surface area contributed by atoms with Crippen LogP contribution in [-0.4, -0.2) is 69.0 Å². The molecule has 0 aromatic carbocycles. The van der Waals surface area contributed by atoms with Gasteiger partial charge in [-0.3, -0.25) is 19.2 Å². The molecule has 1 N–H and O–H groups in total. The third-order valence-corrected chi connectivity index (χ3v) is 7.18. The predicted molar refractivity (Wildman–Crippen MR) is 121 cm³/mol. The lowest BCUT2D eigenvalue weighted by Gasteiger charge is -2.51. The van der Waals surface area contributed by atoms with Gasteiger partial charge in [0.15, 0.2) is 5.43 Å². The molecule has 0 saturated carbocycles. The lowest BCUT2D eigenvalue weighted by molar-refractivity contribution is -0.204. The number of carbonyl (C=O) groups is 4. The highest BCUT2D eigenvalue weighted by Crippen LogP contribution is 2.55. The van der Waals surface area contributed by atoms with Gasteiger partial charge in [-0.2, -0.15) is 0 Å². The fourth-order valence-corrected chi connectivity index (χ4v) is 5.43. The van der Waals surface area contributed by atoms with Gasteiger partial charge in [-0.1, -0.05) is 0 Å². The number of carbonyl (C=O) groups excluding carboxylic acids is 4. The Hall–Kier alpha value is -2.86. The molecule has 2 fully saturated rings. The van der Waals surface area contributed by atoms with Crippen LogP contribution in [0, 0.1) is 5.41 Å². The van der Waals surface area contributed by atoms with Crippen molar-refractivity contribution >= 4 is 35.5 Å². The molecule has 0 spiro atoms. The molecule has 3 atom stereocenters. The summed E-state index contributed by atoms with van der Waals surface area (Å²) in [6.07, 6.45) is 2.92. The lowest BCUT2D eigenvalue weighted by Crippen LogP contribution is -2.80. The number of hydrogen-bond donors (Lipinski definition) is 1. The van der Waals surface area contributed by atoms with E-state index in [2.05, 4.69) is 5.32 Å². The second-order valence-electron chi connectivity index (χ2n) is 9.65. The van der Waals surface area contributed by atoms with Crippen LogP contribution in [0.25, 0.3) is 0 Å². The molecular formula is C22H29N3O8S. The summed E-state index contributed by atoms with van der Waals surface area (Å²) in [6, 6.07) is 1.67. The zero-order valence-corrected chi connectivity index (χ0v) is 20.8. The van der Waals surface area contributed by atoms with Gasteiger partial charge in [0.05, 0.1) is 5.41 Å². The summed E-state index contributed by atoms with van der Waals surface area (Å²) < 4.78 is 16.3. The second kappa shape index (κ2) is 9.06. The highest BCUT2D eigenvalue weighted by Gasteiger charge is 2.73. The molecule has 3 rings (SSSR count). The normalized spacial score (nSPS) is 25.2. The van der Waals surface area contributed by atoms with Gasteiger partial charge in [-0.25, -0.2) is 4.79 Å². The quantitative estimate of drug-likeness (QED) is 0.325. The van der Waals surface area contributed by atoms with Crippen LogP contribution >= 0.6 is 11.8 Å². The monoisotopic (exact) mass is 495 g/mol. The van der Waals surface area contributed by atoms with Crippen molar-refractivity contribution in [1.29, 1.82) is 0 Å². The molecule has 2 aliphatic heterocycles. The Labute approximate surface area is 201 Å². The van der Waals surface area contributed by atoms with Crippen LogP contribution in [0.5, 0.6) is 0 Å². The number of nitrogens with zero attached hydrogens (tertiary/aromatic N) is 2.